The molecule has 1 saturated heterocycles. The van der Waals surface area contributed by atoms with Gasteiger partial charge in [-0.05, 0) is 45.1 Å². The second kappa shape index (κ2) is 6.60. The highest BCUT2D eigenvalue weighted by atomic mass is 35.5. The number of rotatable bonds is 3. The summed E-state index contributed by atoms with van der Waals surface area (Å²) in [7, 11) is 0. The van der Waals surface area contributed by atoms with Crippen molar-refractivity contribution in [3.8, 4) is 0 Å². The lowest BCUT2D eigenvalue weighted by molar-refractivity contribution is -0.131. The van der Waals surface area contributed by atoms with Crippen LogP contribution in [0.5, 0.6) is 0 Å². The van der Waals surface area contributed by atoms with Crippen LogP contribution in [-0.4, -0.2) is 25.5 Å². The number of amides is 1. The van der Waals surface area contributed by atoms with Crippen LogP contribution in [0.1, 0.15) is 45.4 Å². The number of hydrogen-bond donors (Lipinski definition) is 2. The third-order valence-electron chi connectivity index (χ3n) is 4.17. The molecule has 1 aliphatic heterocycles. The first kappa shape index (κ1) is 14.8. The zero-order chi connectivity index (χ0) is 11.4. The van der Waals surface area contributed by atoms with Gasteiger partial charge in [-0.15, -0.1) is 12.4 Å². The highest BCUT2D eigenvalue weighted by Gasteiger charge is 2.34. The Labute approximate surface area is 111 Å². The Morgan fingerprint density at radius 2 is 2.06 bits per heavy atom. The normalized spacial score (nSPS) is 29.7. The zero-order valence-electron chi connectivity index (χ0n) is 10.8. The fourth-order valence-electron chi connectivity index (χ4n) is 2.91. The molecule has 3 nitrogen and oxygen atoms in total. The molecule has 1 atom stereocenters. The Kier molecular flexibility index (Phi) is 5.74. The van der Waals surface area contributed by atoms with Crippen molar-refractivity contribution < 1.29 is 4.79 Å². The molecule has 2 fully saturated rings. The van der Waals surface area contributed by atoms with Crippen LogP contribution < -0.4 is 10.6 Å². The molecule has 2 aliphatic rings. The number of carbonyl (C=O) groups is 1. The van der Waals surface area contributed by atoms with E-state index in [0.29, 0.717) is 0 Å². The van der Waals surface area contributed by atoms with Gasteiger partial charge in [0.25, 0.3) is 0 Å². The van der Waals surface area contributed by atoms with Crippen LogP contribution in [0.4, 0.5) is 0 Å². The summed E-state index contributed by atoms with van der Waals surface area (Å²) in [6.45, 7) is 4.88. The number of halogens is 1. The average molecular weight is 261 g/mol. The Bertz CT molecular complexity index is 246. The van der Waals surface area contributed by atoms with E-state index in [1.165, 1.54) is 25.7 Å². The van der Waals surface area contributed by atoms with Crippen LogP contribution in [0.2, 0.25) is 0 Å². The van der Waals surface area contributed by atoms with Crippen LogP contribution in [0.3, 0.4) is 0 Å². The molecule has 100 valence electrons. The molecule has 4 heteroatoms. The summed E-state index contributed by atoms with van der Waals surface area (Å²) in [5.74, 6) is 0.996. The van der Waals surface area contributed by atoms with Gasteiger partial charge in [-0.2, -0.15) is 0 Å². The molecule has 17 heavy (non-hydrogen) atoms. The van der Waals surface area contributed by atoms with Gasteiger partial charge in [-0.3, -0.25) is 4.79 Å². The van der Waals surface area contributed by atoms with Gasteiger partial charge in [-0.25, -0.2) is 0 Å². The molecule has 1 aliphatic carbocycles. The quantitative estimate of drug-likeness (QED) is 0.816. The maximum Gasteiger partial charge on any atom is 0.227 e. The van der Waals surface area contributed by atoms with Crippen LogP contribution in [0.15, 0.2) is 0 Å². The molecule has 0 bridgehead atoms. The van der Waals surface area contributed by atoms with Crippen LogP contribution in [-0.2, 0) is 4.79 Å². The third-order valence-corrected chi connectivity index (χ3v) is 4.17. The Morgan fingerprint density at radius 3 is 2.65 bits per heavy atom. The predicted molar refractivity (Wildman–Crippen MR) is 72.4 cm³/mol. The lowest BCUT2D eigenvalue weighted by atomic mass is 9.82. The van der Waals surface area contributed by atoms with E-state index in [2.05, 4.69) is 17.6 Å². The van der Waals surface area contributed by atoms with Gasteiger partial charge in [-0.1, -0.05) is 12.8 Å². The summed E-state index contributed by atoms with van der Waals surface area (Å²) in [6.07, 6.45) is 7.44. The summed E-state index contributed by atoms with van der Waals surface area (Å²) in [5, 5.41) is 6.48. The maximum atomic E-state index is 12.1. The first-order valence-electron chi connectivity index (χ1n) is 6.70. The largest absolute Gasteiger partial charge is 0.355 e. The standard InChI is InChI=1S/C13H24N2O.ClH/c1-13(7-4-8-14-10-13)12(16)15-9-11-5-2-3-6-11;/h11,14H,2-10H2,1H3,(H,15,16);1H. The van der Waals surface area contributed by atoms with Crippen molar-refractivity contribution in [3.05, 3.63) is 0 Å². The van der Waals surface area contributed by atoms with E-state index < -0.39 is 0 Å². The Hall–Kier alpha value is -0.280. The van der Waals surface area contributed by atoms with Crippen LogP contribution in [0.25, 0.3) is 0 Å². The molecule has 0 spiro atoms. The fraction of sp³-hybridized carbons (Fsp3) is 0.923. The molecule has 2 N–H and O–H groups in total. The van der Waals surface area contributed by atoms with Crippen molar-refractivity contribution in [1.82, 2.24) is 10.6 Å². The van der Waals surface area contributed by atoms with E-state index in [1.807, 2.05) is 0 Å². The number of piperidine rings is 1. The van der Waals surface area contributed by atoms with Gasteiger partial charge in [0.05, 0.1) is 5.41 Å². The molecule has 1 heterocycles. The van der Waals surface area contributed by atoms with E-state index in [4.69, 9.17) is 0 Å². The summed E-state index contributed by atoms with van der Waals surface area (Å²) < 4.78 is 0. The zero-order valence-corrected chi connectivity index (χ0v) is 11.6. The fourth-order valence-corrected chi connectivity index (χ4v) is 2.91. The monoisotopic (exact) mass is 260 g/mol. The highest BCUT2D eigenvalue weighted by molar-refractivity contribution is 5.85. The van der Waals surface area contributed by atoms with Crippen molar-refractivity contribution in [2.75, 3.05) is 19.6 Å². The minimum Gasteiger partial charge on any atom is -0.355 e. The molecule has 2 rings (SSSR count). The topological polar surface area (TPSA) is 41.1 Å². The summed E-state index contributed by atoms with van der Waals surface area (Å²) >= 11 is 0. The average Bonchev–Trinajstić information content (AvgIpc) is 2.79. The van der Waals surface area contributed by atoms with Gasteiger partial charge < -0.3 is 10.6 Å². The van der Waals surface area contributed by atoms with Crippen molar-refractivity contribution in [3.63, 3.8) is 0 Å². The van der Waals surface area contributed by atoms with Gasteiger partial charge in [0, 0.05) is 13.1 Å². The molecular formula is C13H25ClN2O. The van der Waals surface area contributed by atoms with E-state index in [9.17, 15) is 4.79 Å². The first-order valence-corrected chi connectivity index (χ1v) is 6.70. The lowest BCUT2D eigenvalue weighted by Gasteiger charge is -2.33. The molecule has 0 radical (unpaired) electrons. The van der Waals surface area contributed by atoms with Gasteiger partial charge in [0.1, 0.15) is 0 Å². The van der Waals surface area contributed by atoms with E-state index in [-0.39, 0.29) is 23.7 Å². The van der Waals surface area contributed by atoms with Crippen LogP contribution >= 0.6 is 12.4 Å². The molecular weight excluding hydrogens is 236 g/mol. The number of nitrogens with one attached hydrogen (secondary N) is 2. The van der Waals surface area contributed by atoms with Crippen molar-refractivity contribution in [2.45, 2.75) is 45.4 Å². The van der Waals surface area contributed by atoms with Gasteiger partial charge in [0.2, 0.25) is 5.91 Å². The molecule has 0 aromatic heterocycles. The van der Waals surface area contributed by atoms with E-state index >= 15 is 0 Å². The maximum absolute atomic E-state index is 12.1. The number of carbonyl (C=O) groups excluding carboxylic acids is 1. The first-order chi connectivity index (χ1) is 7.71. The van der Waals surface area contributed by atoms with E-state index in [0.717, 1.165) is 38.4 Å². The van der Waals surface area contributed by atoms with Crippen molar-refractivity contribution in [1.29, 1.82) is 0 Å². The lowest BCUT2D eigenvalue weighted by Crippen LogP contribution is -2.49. The van der Waals surface area contributed by atoms with Crippen molar-refractivity contribution in [2.24, 2.45) is 11.3 Å². The smallest absolute Gasteiger partial charge is 0.227 e. The SMILES string of the molecule is CC1(C(=O)NCC2CCCC2)CCCNC1.Cl. The summed E-state index contributed by atoms with van der Waals surface area (Å²) in [6, 6.07) is 0. The Balaban J connectivity index is 0.00000144. The Morgan fingerprint density at radius 1 is 1.35 bits per heavy atom. The summed E-state index contributed by atoms with van der Waals surface area (Å²) in [4.78, 5) is 12.1. The third kappa shape index (κ3) is 3.85. The molecule has 1 unspecified atom stereocenters. The van der Waals surface area contributed by atoms with Gasteiger partial charge >= 0.3 is 0 Å². The molecule has 0 aromatic rings. The second-order valence-corrected chi connectivity index (χ2v) is 5.70. The summed E-state index contributed by atoms with van der Waals surface area (Å²) in [5.41, 5.74) is -0.170. The predicted octanol–water partition coefficient (Wildman–Crippen LogP) is 2.10. The minimum atomic E-state index is -0.170. The van der Waals surface area contributed by atoms with Crippen LogP contribution in [0, 0.1) is 11.3 Å². The highest BCUT2D eigenvalue weighted by Crippen LogP contribution is 2.27. The number of hydrogen-bond acceptors (Lipinski definition) is 2. The molecule has 1 amide bonds. The minimum absolute atomic E-state index is 0. The van der Waals surface area contributed by atoms with Gasteiger partial charge in [0.15, 0.2) is 0 Å². The molecule has 0 aromatic carbocycles. The second-order valence-electron chi connectivity index (χ2n) is 5.70. The van der Waals surface area contributed by atoms with E-state index in [1.54, 1.807) is 0 Å². The molecule has 1 saturated carbocycles. The van der Waals surface area contributed by atoms with Crippen molar-refractivity contribution >= 4 is 18.3 Å².